The van der Waals surface area contributed by atoms with Crippen LogP contribution in [0.15, 0.2) is 18.2 Å². The van der Waals surface area contributed by atoms with Gasteiger partial charge in [0.2, 0.25) is 0 Å². The summed E-state index contributed by atoms with van der Waals surface area (Å²) in [4.78, 5) is 12.0. The van der Waals surface area contributed by atoms with Crippen LogP contribution in [0.2, 0.25) is 10.0 Å². The van der Waals surface area contributed by atoms with Crippen molar-refractivity contribution in [1.82, 2.24) is 0 Å². The van der Waals surface area contributed by atoms with Crippen LogP contribution < -0.4 is 0 Å². The minimum absolute atomic E-state index is 0.0213. The second-order valence-electron chi connectivity index (χ2n) is 3.84. The molecule has 0 radical (unpaired) electrons. The molecule has 0 saturated carbocycles. The van der Waals surface area contributed by atoms with E-state index in [-0.39, 0.29) is 11.7 Å². The average molecular weight is 256 g/mol. The van der Waals surface area contributed by atoms with Gasteiger partial charge in [0.1, 0.15) is 5.92 Å². The minimum atomic E-state index is -0.641. The van der Waals surface area contributed by atoms with Gasteiger partial charge < -0.3 is 0 Å². The topological polar surface area (TPSA) is 40.9 Å². The van der Waals surface area contributed by atoms with Crippen molar-refractivity contribution < 1.29 is 4.79 Å². The summed E-state index contributed by atoms with van der Waals surface area (Å²) in [6, 6.07) is 6.66. The number of carbonyl (C=O) groups excluding carboxylic acids is 1. The number of benzene rings is 1. The van der Waals surface area contributed by atoms with Crippen molar-refractivity contribution in [2.75, 3.05) is 0 Å². The van der Waals surface area contributed by atoms with Crippen LogP contribution in [0.5, 0.6) is 0 Å². The Morgan fingerprint density at radius 1 is 1.31 bits per heavy atom. The van der Waals surface area contributed by atoms with E-state index < -0.39 is 5.92 Å². The maximum atomic E-state index is 12.0. The van der Waals surface area contributed by atoms with Crippen molar-refractivity contribution in [3.05, 3.63) is 33.8 Å². The largest absolute Gasteiger partial charge is 0.293 e. The number of rotatable bonds is 3. The molecular formula is C12H11Cl2NO. The van der Waals surface area contributed by atoms with E-state index in [9.17, 15) is 4.79 Å². The fourth-order valence-corrected chi connectivity index (χ4v) is 1.64. The first-order chi connectivity index (χ1) is 7.47. The zero-order valence-corrected chi connectivity index (χ0v) is 10.5. The van der Waals surface area contributed by atoms with E-state index in [4.69, 9.17) is 28.5 Å². The van der Waals surface area contributed by atoms with E-state index in [2.05, 4.69) is 0 Å². The molecule has 0 spiro atoms. The van der Waals surface area contributed by atoms with Gasteiger partial charge in [0.15, 0.2) is 5.78 Å². The van der Waals surface area contributed by atoms with Gasteiger partial charge >= 0.3 is 0 Å². The number of Topliss-reactive ketones (excluding diaryl/α,β-unsaturated/α-hetero) is 1. The molecule has 0 saturated heterocycles. The summed E-state index contributed by atoms with van der Waals surface area (Å²) < 4.78 is 0. The summed E-state index contributed by atoms with van der Waals surface area (Å²) in [6.07, 6.45) is 0. The molecule has 0 bridgehead atoms. The van der Waals surface area contributed by atoms with Gasteiger partial charge in [-0.05, 0) is 24.1 Å². The lowest BCUT2D eigenvalue weighted by Crippen LogP contribution is -2.18. The number of ketones is 1. The number of halogens is 2. The molecule has 0 aliphatic heterocycles. The molecule has 1 rings (SSSR count). The fourth-order valence-electron chi connectivity index (χ4n) is 1.34. The molecular weight excluding hydrogens is 245 g/mol. The Bertz CT molecular complexity index is 449. The number of carbonyl (C=O) groups is 1. The normalized spacial score (nSPS) is 12.2. The average Bonchev–Trinajstić information content (AvgIpc) is 2.22. The smallest absolute Gasteiger partial charge is 0.180 e. The third-order valence-electron chi connectivity index (χ3n) is 2.29. The quantitative estimate of drug-likeness (QED) is 0.767. The Kier molecular flexibility index (Phi) is 4.35. The van der Waals surface area contributed by atoms with Crippen LogP contribution in [0.3, 0.4) is 0 Å². The molecule has 4 heteroatoms. The van der Waals surface area contributed by atoms with Gasteiger partial charge in [-0.3, -0.25) is 4.79 Å². The second kappa shape index (κ2) is 5.34. The van der Waals surface area contributed by atoms with Crippen LogP contribution in [0.1, 0.15) is 24.2 Å². The van der Waals surface area contributed by atoms with E-state index in [0.717, 1.165) is 0 Å². The molecule has 0 aliphatic rings. The number of nitriles is 1. The van der Waals surface area contributed by atoms with Crippen LogP contribution >= 0.6 is 23.2 Å². The van der Waals surface area contributed by atoms with Crippen LogP contribution in [-0.4, -0.2) is 5.78 Å². The Balaban J connectivity index is 3.06. The molecule has 0 fully saturated rings. The highest BCUT2D eigenvalue weighted by Gasteiger charge is 2.23. The van der Waals surface area contributed by atoms with Gasteiger partial charge in [-0.1, -0.05) is 37.0 Å². The predicted molar refractivity (Wildman–Crippen MR) is 64.7 cm³/mol. The summed E-state index contributed by atoms with van der Waals surface area (Å²) in [7, 11) is 0. The Morgan fingerprint density at radius 3 is 2.38 bits per heavy atom. The number of hydrogen-bond donors (Lipinski definition) is 0. The summed E-state index contributed by atoms with van der Waals surface area (Å²) in [6.45, 7) is 3.67. The highest BCUT2D eigenvalue weighted by atomic mass is 35.5. The van der Waals surface area contributed by atoms with Gasteiger partial charge in [0.25, 0.3) is 0 Å². The van der Waals surface area contributed by atoms with Gasteiger partial charge in [0, 0.05) is 5.56 Å². The van der Waals surface area contributed by atoms with Crippen LogP contribution in [-0.2, 0) is 0 Å². The monoisotopic (exact) mass is 255 g/mol. The number of nitrogens with zero attached hydrogens (tertiary/aromatic N) is 1. The molecule has 0 amide bonds. The Labute approximate surface area is 105 Å². The lowest BCUT2D eigenvalue weighted by molar-refractivity contribution is 0.0924. The first kappa shape index (κ1) is 13.0. The molecule has 84 valence electrons. The summed E-state index contributed by atoms with van der Waals surface area (Å²) in [5.41, 5.74) is 0.426. The summed E-state index contributed by atoms with van der Waals surface area (Å²) >= 11 is 11.6. The first-order valence-corrected chi connectivity index (χ1v) is 5.62. The highest BCUT2D eigenvalue weighted by Crippen LogP contribution is 2.25. The SMILES string of the molecule is CC(C)C(C#N)C(=O)c1ccc(Cl)c(Cl)c1. The molecule has 0 aromatic heterocycles. The lowest BCUT2D eigenvalue weighted by atomic mass is 9.89. The zero-order valence-electron chi connectivity index (χ0n) is 9.00. The van der Waals surface area contributed by atoms with Crippen molar-refractivity contribution in [2.45, 2.75) is 13.8 Å². The molecule has 2 nitrogen and oxygen atoms in total. The van der Waals surface area contributed by atoms with Crippen LogP contribution in [0.4, 0.5) is 0 Å². The first-order valence-electron chi connectivity index (χ1n) is 4.86. The molecule has 0 aliphatic carbocycles. The van der Waals surface area contributed by atoms with E-state index >= 15 is 0 Å². The van der Waals surface area contributed by atoms with Gasteiger partial charge in [0.05, 0.1) is 16.1 Å². The van der Waals surface area contributed by atoms with E-state index in [1.807, 2.05) is 19.9 Å². The molecule has 1 atom stereocenters. The molecule has 16 heavy (non-hydrogen) atoms. The van der Waals surface area contributed by atoms with Crippen molar-refractivity contribution in [2.24, 2.45) is 11.8 Å². The van der Waals surface area contributed by atoms with E-state index in [1.165, 1.54) is 6.07 Å². The second-order valence-corrected chi connectivity index (χ2v) is 4.66. The molecule has 1 aromatic carbocycles. The van der Waals surface area contributed by atoms with Gasteiger partial charge in [-0.2, -0.15) is 5.26 Å². The molecule has 0 heterocycles. The van der Waals surface area contributed by atoms with E-state index in [1.54, 1.807) is 12.1 Å². The van der Waals surface area contributed by atoms with Crippen molar-refractivity contribution in [3.8, 4) is 6.07 Å². The lowest BCUT2D eigenvalue weighted by Gasteiger charge is -2.11. The van der Waals surface area contributed by atoms with Crippen molar-refractivity contribution in [1.29, 1.82) is 5.26 Å². The molecule has 0 N–H and O–H groups in total. The third-order valence-corrected chi connectivity index (χ3v) is 3.03. The molecule has 1 aromatic rings. The standard InChI is InChI=1S/C12H11Cl2NO/c1-7(2)9(6-15)12(16)8-3-4-10(13)11(14)5-8/h3-5,7,9H,1-2H3. The predicted octanol–water partition coefficient (Wildman–Crippen LogP) is 3.97. The van der Waals surface area contributed by atoms with Crippen molar-refractivity contribution in [3.63, 3.8) is 0 Å². The highest BCUT2D eigenvalue weighted by molar-refractivity contribution is 6.42. The van der Waals surface area contributed by atoms with Crippen LogP contribution in [0, 0.1) is 23.2 Å². The number of hydrogen-bond acceptors (Lipinski definition) is 2. The Hall–Kier alpha value is -1.04. The fraction of sp³-hybridized carbons (Fsp3) is 0.333. The zero-order chi connectivity index (χ0) is 12.3. The maximum Gasteiger partial charge on any atom is 0.180 e. The molecule has 1 unspecified atom stereocenters. The Morgan fingerprint density at radius 2 is 1.94 bits per heavy atom. The van der Waals surface area contributed by atoms with Crippen LogP contribution in [0.25, 0.3) is 0 Å². The van der Waals surface area contributed by atoms with E-state index in [0.29, 0.717) is 15.6 Å². The van der Waals surface area contributed by atoms with Gasteiger partial charge in [-0.25, -0.2) is 0 Å². The minimum Gasteiger partial charge on any atom is -0.293 e. The summed E-state index contributed by atoms with van der Waals surface area (Å²) in [5.74, 6) is -0.875. The summed E-state index contributed by atoms with van der Waals surface area (Å²) in [5, 5.41) is 9.65. The van der Waals surface area contributed by atoms with Crippen molar-refractivity contribution >= 4 is 29.0 Å². The maximum absolute atomic E-state index is 12.0. The third kappa shape index (κ3) is 2.75. The van der Waals surface area contributed by atoms with Gasteiger partial charge in [-0.15, -0.1) is 0 Å².